The first-order valence-electron chi connectivity index (χ1n) is 6.02. The first-order chi connectivity index (χ1) is 8.18. The second-order valence-electron chi connectivity index (χ2n) is 4.60. The number of ether oxygens (including phenoxy) is 1. The molecule has 17 heavy (non-hydrogen) atoms. The summed E-state index contributed by atoms with van der Waals surface area (Å²) in [5.41, 5.74) is 0.192. The van der Waals surface area contributed by atoms with Crippen LogP contribution in [0.15, 0.2) is 18.5 Å². The first kappa shape index (κ1) is 11.9. The van der Waals surface area contributed by atoms with Crippen LogP contribution in [0.1, 0.15) is 43.0 Å². The van der Waals surface area contributed by atoms with E-state index in [0.717, 1.165) is 19.3 Å². The molecule has 1 aromatic heterocycles. The smallest absolute Gasteiger partial charge is 0.339 e. The van der Waals surface area contributed by atoms with Crippen LogP contribution in [-0.4, -0.2) is 22.2 Å². The minimum atomic E-state index is -0.967. The molecule has 0 amide bonds. The summed E-state index contributed by atoms with van der Waals surface area (Å²) in [6.07, 6.45) is 7.61. The van der Waals surface area contributed by atoms with Gasteiger partial charge in [-0.1, -0.05) is 13.3 Å². The van der Waals surface area contributed by atoms with Crippen molar-refractivity contribution in [2.24, 2.45) is 5.92 Å². The van der Waals surface area contributed by atoms with Gasteiger partial charge in [-0.3, -0.25) is 4.98 Å². The standard InChI is InChI=1S/C13H17NO3/c1-9-4-2-3-5-11(9)17-12-8-14-7-6-10(12)13(15)16/h6-9,11H,2-5H2,1H3,(H,15,16). The lowest BCUT2D eigenvalue weighted by molar-refractivity contribution is 0.0672. The number of carbonyl (C=O) groups is 1. The highest BCUT2D eigenvalue weighted by atomic mass is 16.5. The van der Waals surface area contributed by atoms with E-state index in [1.54, 1.807) is 0 Å². The third-order valence-corrected chi connectivity index (χ3v) is 3.33. The third-order valence-electron chi connectivity index (χ3n) is 3.33. The van der Waals surface area contributed by atoms with Crippen molar-refractivity contribution in [2.75, 3.05) is 0 Å². The minimum Gasteiger partial charge on any atom is -0.488 e. The van der Waals surface area contributed by atoms with Crippen molar-refractivity contribution in [1.29, 1.82) is 0 Å². The van der Waals surface area contributed by atoms with Gasteiger partial charge in [-0.15, -0.1) is 0 Å². The maximum Gasteiger partial charge on any atom is 0.339 e. The van der Waals surface area contributed by atoms with E-state index in [1.165, 1.54) is 24.9 Å². The molecule has 4 heteroatoms. The fraction of sp³-hybridized carbons (Fsp3) is 0.538. The fourth-order valence-electron chi connectivity index (χ4n) is 2.27. The molecule has 1 heterocycles. The number of hydrogen-bond donors (Lipinski definition) is 1. The summed E-state index contributed by atoms with van der Waals surface area (Å²) in [4.78, 5) is 15.0. The zero-order valence-electron chi connectivity index (χ0n) is 9.93. The number of hydrogen-bond acceptors (Lipinski definition) is 3. The second kappa shape index (κ2) is 5.17. The lowest BCUT2D eigenvalue weighted by Gasteiger charge is -2.29. The van der Waals surface area contributed by atoms with Gasteiger partial charge in [0.05, 0.1) is 6.20 Å². The van der Waals surface area contributed by atoms with E-state index in [2.05, 4.69) is 11.9 Å². The largest absolute Gasteiger partial charge is 0.488 e. The Labute approximate surface area is 101 Å². The predicted octanol–water partition coefficient (Wildman–Crippen LogP) is 2.74. The molecule has 0 radical (unpaired) electrons. The van der Waals surface area contributed by atoms with Gasteiger partial charge in [-0.05, 0) is 31.2 Å². The van der Waals surface area contributed by atoms with Crippen LogP contribution in [0, 0.1) is 5.92 Å². The number of aromatic nitrogens is 1. The molecule has 0 aliphatic heterocycles. The highest BCUT2D eigenvalue weighted by molar-refractivity contribution is 5.90. The first-order valence-corrected chi connectivity index (χ1v) is 6.02. The van der Waals surface area contributed by atoms with Crippen LogP contribution in [0.3, 0.4) is 0 Å². The molecule has 2 rings (SSSR count). The van der Waals surface area contributed by atoms with Gasteiger partial charge in [0, 0.05) is 6.20 Å². The van der Waals surface area contributed by atoms with Crippen LogP contribution < -0.4 is 4.74 Å². The minimum absolute atomic E-state index is 0.117. The van der Waals surface area contributed by atoms with Gasteiger partial charge in [0.1, 0.15) is 11.7 Å². The number of carboxylic acids is 1. The zero-order valence-corrected chi connectivity index (χ0v) is 9.93. The number of carboxylic acid groups (broad SMARTS) is 1. The molecular formula is C13H17NO3. The number of aromatic carboxylic acids is 1. The van der Waals surface area contributed by atoms with Crippen LogP contribution in [0.5, 0.6) is 5.75 Å². The van der Waals surface area contributed by atoms with Crippen molar-refractivity contribution < 1.29 is 14.6 Å². The lowest BCUT2D eigenvalue weighted by Crippen LogP contribution is -2.28. The number of nitrogens with zero attached hydrogens (tertiary/aromatic N) is 1. The average Bonchev–Trinajstić information content (AvgIpc) is 2.32. The van der Waals surface area contributed by atoms with Gasteiger partial charge in [0.15, 0.2) is 5.75 Å². The van der Waals surface area contributed by atoms with Gasteiger partial charge in [0.25, 0.3) is 0 Å². The van der Waals surface area contributed by atoms with Crippen molar-refractivity contribution in [3.05, 3.63) is 24.0 Å². The van der Waals surface area contributed by atoms with Crippen molar-refractivity contribution in [3.63, 3.8) is 0 Å². The maximum atomic E-state index is 11.0. The van der Waals surface area contributed by atoms with Gasteiger partial charge in [-0.25, -0.2) is 4.79 Å². The van der Waals surface area contributed by atoms with Crippen LogP contribution in [-0.2, 0) is 0 Å². The molecule has 0 spiro atoms. The van der Waals surface area contributed by atoms with E-state index >= 15 is 0 Å². The molecule has 2 unspecified atom stereocenters. The Hall–Kier alpha value is -1.58. The van der Waals surface area contributed by atoms with E-state index in [1.807, 2.05) is 0 Å². The Bertz CT molecular complexity index is 405. The van der Waals surface area contributed by atoms with Crippen molar-refractivity contribution in [3.8, 4) is 5.75 Å². The SMILES string of the molecule is CC1CCCCC1Oc1cnccc1C(=O)O. The van der Waals surface area contributed by atoms with Crippen LogP contribution in [0.2, 0.25) is 0 Å². The number of rotatable bonds is 3. The summed E-state index contributed by atoms with van der Waals surface area (Å²) in [6.45, 7) is 2.15. The molecule has 2 atom stereocenters. The van der Waals surface area contributed by atoms with Gasteiger partial charge >= 0.3 is 5.97 Å². The van der Waals surface area contributed by atoms with Crippen molar-refractivity contribution >= 4 is 5.97 Å². The summed E-state index contributed by atoms with van der Waals surface area (Å²) in [5.74, 6) is -0.102. The van der Waals surface area contributed by atoms with E-state index in [-0.39, 0.29) is 11.7 Å². The Morgan fingerprint density at radius 3 is 2.94 bits per heavy atom. The fourth-order valence-corrected chi connectivity index (χ4v) is 2.27. The van der Waals surface area contributed by atoms with Gasteiger partial charge in [-0.2, -0.15) is 0 Å². The van der Waals surface area contributed by atoms with Gasteiger partial charge in [0.2, 0.25) is 0 Å². The third kappa shape index (κ3) is 2.75. The second-order valence-corrected chi connectivity index (χ2v) is 4.60. The van der Waals surface area contributed by atoms with Crippen molar-refractivity contribution in [1.82, 2.24) is 4.98 Å². The molecule has 0 aromatic carbocycles. The van der Waals surface area contributed by atoms with Crippen LogP contribution in [0.25, 0.3) is 0 Å². The summed E-state index contributed by atoms with van der Waals surface area (Å²) in [7, 11) is 0. The highest BCUT2D eigenvalue weighted by Crippen LogP contribution is 2.29. The molecule has 0 bridgehead atoms. The molecule has 1 aliphatic rings. The average molecular weight is 235 g/mol. The molecule has 1 N–H and O–H groups in total. The summed E-state index contributed by atoms with van der Waals surface area (Å²) < 4.78 is 5.82. The molecule has 1 saturated carbocycles. The Morgan fingerprint density at radius 2 is 2.24 bits per heavy atom. The molecule has 0 saturated heterocycles. The highest BCUT2D eigenvalue weighted by Gasteiger charge is 2.24. The number of pyridine rings is 1. The summed E-state index contributed by atoms with van der Waals surface area (Å²) >= 11 is 0. The monoisotopic (exact) mass is 235 g/mol. The maximum absolute atomic E-state index is 11.0. The normalized spacial score (nSPS) is 24.3. The van der Waals surface area contributed by atoms with Crippen LogP contribution in [0.4, 0.5) is 0 Å². The molecule has 1 fully saturated rings. The predicted molar refractivity (Wildman–Crippen MR) is 63.2 cm³/mol. The quantitative estimate of drug-likeness (QED) is 0.875. The van der Waals surface area contributed by atoms with E-state index in [9.17, 15) is 4.79 Å². The van der Waals surface area contributed by atoms with E-state index in [0.29, 0.717) is 11.7 Å². The van der Waals surface area contributed by atoms with Gasteiger partial charge < -0.3 is 9.84 Å². The van der Waals surface area contributed by atoms with Crippen LogP contribution >= 0.6 is 0 Å². The van der Waals surface area contributed by atoms with Crippen molar-refractivity contribution in [2.45, 2.75) is 38.7 Å². The molecule has 1 aromatic rings. The lowest BCUT2D eigenvalue weighted by atomic mass is 9.88. The van der Waals surface area contributed by atoms with E-state index in [4.69, 9.17) is 9.84 Å². The molecule has 92 valence electrons. The Kier molecular flexibility index (Phi) is 3.61. The molecular weight excluding hydrogens is 218 g/mol. The molecule has 1 aliphatic carbocycles. The Balaban J connectivity index is 2.14. The summed E-state index contributed by atoms with van der Waals surface area (Å²) in [5, 5.41) is 9.05. The topological polar surface area (TPSA) is 59.4 Å². The van der Waals surface area contributed by atoms with E-state index < -0.39 is 5.97 Å². The Morgan fingerprint density at radius 1 is 1.47 bits per heavy atom. The zero-order chi connectivity index (χ0) is 12.3. The summed E-state index contributed by atoms with van der Waals surface area (Å²) in [6, 6.07) is 1.48. The molecule has 4 nitrogen and oxygen atoms in total.